The second-order valence-corrected chi connectivity index (χ2v) is 7.28. The first-order valence-electron chi connectivity index (χ1n) is 7.40. The SMILES string of the molecule is CC1(C)CCCC2(C)C3C(=CCC12)C(=O)OC3OC=O. The molecule has 0 N–H and O–H groups in total. The Bertz CT molecular complexity index is 479. The van der Waals surface area contributed by atoms with Crippen molar-refractivity contribution in [3.05, 3.63) is 11.6 Å². The number of hydrogen-bond acceptors (Lipinski definition) is 4. The standard InChI is InChI=1S/C16H22O4/c1-15(2)7-4-8-16(3)11(15)6-5-10-12(16)14(19-9-17)20-13(10)18/h5,9,11-12,14H,4,6-8H2,1-3H3. The number of cyclic esters (lactones) is 1. The summed E-state index contributed by atoms with van der Waals surface area (Å²) in [5, 5.41) is 0. The molecule has 0 radical (unpaired) electrons. The van der Waals surface area contributed by atoms with E-state index in [4.69, 9.17) is 9.47 Å². The lowest BCUT2D eigenvalue weighted by Crippen LogP contribution is -2.50. The number of carbonyl (C=O) groups excluding carboxylic acids is 2. The third-order valence-corrected chi connectivity index (χ3v) is 5.82. The van der Waals surface area contributed by atoms with Crippen molar-refractivity contribution in [2.24, 2.45) is 22.7 Å². The predicted molar refractivity (Wildman–Crippen MR) is 72.4 cm³/mol. The summed E-state index contributed by atoms with van der Waals surface area (Å²) in [4.78, 5) is 22.7. The van der Waals surface area contributed by atoms with E-state index in [0.717, 1.165) is 19.3 Å². The fourth-order valence-corrected chi connectivity index (χ4v) is 4.92. The fraction of sp³-hybridized carbons (Fsp3) is 0.750. The van der Waals surface area contributed by atoms with Crippen LogP contribution in [0.2, 0.25) is 0 Å². The molecule has 0 aromatic rings. The molecule has 1 heterocycles. The van der Waals surface area contributed by atoms with Crippen LogP contribution in [0.1, 0.15) is 46.5 Å². The molecule has 1 saturated heterocycles. The van der Waals surface area contributed by atoms with Gasteiger partial charge in [0, 0.05) is 5.57 Å². The number of fused-ring (bicyclic) bond motifs is 3. The number of allylic oxidation sites excluding steroid dienone is 1. The van der Waals surface area contributed by atoms with Crippen LogP contribution in [-0.2, 0) is 19.1 Å². The van der Waals surface area contributed by atoms with Gasteiger partial charge in [-0.05, 0) is 36.0 Å². The lowest BCUT2D eigenvalue weighted by Gasteiger charge is -2.55. The molecule has 1 saturated carbocycles. The van der Waals surface area contributed by atoms with E-state index in [2.05, 4.69) is 20.8 Å². The third-order valence-electron chi connectivity index (χ3n) is 5.82. The molecule has 4 unspecified atom stereocenters. The van der Waals surface area contributed by atoms with E-state index in [0.29, 0.717) is 18.0 Å². The van der Waals surface area contributed by atoms with Gasteiger partial charge >= 0.3 is 5.97 Å². The molecule has 0 aromatic heterocycles. The quantitative estimate of drug-likeness (QED) is 0.575. The Balaban J connectivity index is 2.04. The maximum absolute atomic E-state index is 12.0. The van der Waals surface area contributed by atoms with E-state index in [1.807, 2.05) is 6.08 Å². The molecule has 3 aliphatic rings. The maximum atomic E-state index is 12.0. The number of carbonyl (C=O) groups is 2. The Labute approximate surface area is 119 Å². The van der Waals surface area contributed by atoms with Crippen molar-refractivity contribution < 1.29 is 19.1 Å². The van der Waals surface area contributed by atoms with E-state index < -0.39 is 6.29 Å². The topological polar surface area (TPSA) is 52.6 Å². The van der Waals surface area contributed by atoms with Gasteiger partial charge in [-0.3, -0.25) is 4.79 Å². The molecule has 1 aliphatic heterocycles. The molecule has 2 aliphatic carbocycles. The van der Waals surface area contributed by atoms with Gasteiger partial charge in [0.2, 0.25) is 0 Å². The summed E-state index contributed by atoms with van der Waals surface area (Å²) in [5.74, 6) is 0.0631. The highest BCUT2D eigenvalue weighted by atomic mass is 16.7. The molecule has 2 fully saturated rings. The Kier molecular flexibility index (Phi) is 2.96. The third kappa shape index (κ3) is 1.73. The van der Waals surface area contributed by atoms with Gasteiger partial charge in [-0.15, -0.1) is 0 Å². The zero-order valence-corrected chi connectivity index (χ0v) is 12.3. The molecule has 4 atom stereocenters. The number of ether oxygens (including phenoxy) is 2. The Morgan fingerprint density at radius 3 is 2.80 bits per heavy atom. The first kappa shape index (κ1) is 13.7. The minimum absolute atomic E-state index is 0.0360. The minimum Gasteiger partial charge on any atom is -0.427 e. The second-order valence-electron chi connectivity index (χ2n) is 7.28. The largest absolute Gasteiger partial charge is 0.427 e. The molecule has 0 aromatic carbocycles. The molecule has 0 amide bonds. The van der Waals surface area contributed by atoms with Crippen molar-refractivity contribution in [3.63, 3.8) is 0 Å². The molecule has 110 valence electrons. The minimum atomic E-state index is -0.743. The highest BCUT2D eigenvalue weighted by Crippen LogP contribution is 2.62. The Morgan fingerprint density at radius 1 is 1.35 bits per heavy atom. The van der Waals surface area contributed by atoms with Crippen LogP contribution in [-0.4, -0.2) is 18.7 Å². The van der Waals surface area contributed by atoms with Gasteiger partial charge in [-0.25, -0.2) is 4.79 Å². The zero-order valence-electron chi connectivity index (χ0n) is 12.3. The molecular weight excluding hydrogens is 256 g/mol. The van der Waals surface area contributed by atoms with Crippen LogP contribution in [0.5, 0.6) is 0 Å². The highest BCUT2D eigenvalue weighted by Gasteiger charge is 2.60. The van der Waals surface area contributed by atoms with Crippen molar-refractivity contribution >= 4 is 12.4 Å². The normalized spacial score (nSPS) is 42.0. The van der Waals surface area contributed by atoms with Crippen molar-refractivity contribution in [1.82, 2.24) is 0 Å². The Hall–Kier alpha value is -1.32. The number of esters is 1. The van der Waals surface area contributed by atoms with Gasteiger partial charge in [0.05, 0.1) is 5.92 Å². The van der Waals surface area contributed by atoms with E-state index in [1.165, 1.54) is 6.42 Å². The molecular formula is C16H22O4. The van der Waals surface area contributed by atoms with Gasteiger partial charge in [0.1, 0.15) is 0 Å². The summed E-state index contributed by atoms with van der Waals surface area (Å²) >= 11 is 0. The van der Waals surface area contributed by atoms with Gasteiger partial charge in [0.25, 0.3) is 12.8 Å². The van der Waals surface area contributed by atoms with Gasteiger partial charge in [-0.1, -0.05) is 33.3 Å². The molecule has 0 bridgehead atoms. The summed E-state index contributed by atoms with van der Waals surface area (Å²) < 4.78 is 10.3. The van der Waals surface area contributed by atoms with Crippen molar-refractivity contribution in [2.75, 3.05) is 0 Å². The smallest absolute Gasteiger partial charge is 0.337 e. The summed E-state index contributed by atoms with van der Waals surface area (Å²) in [6.45, 7) is 7.24. The summed E-state index contributed by atoms with van der Waals surface area (Å²) in [5.41, 5.74) is 0.922. The summed E-state index contributed by atoms with van der Waals surface area (Å²) in [6.07, 6.45) is 5.59. The van der Waals surface area contributed by atoms with E-state index >= 15 is 0 Å². The van der Waals surface area contributed by atoms with Crippen LogP contribution in [0, 0.1) is 22.7 Å². The molecule has 20 heavy (non-hydrogen) atoms. The molecule has 4 nitrogen and oxygen atoms in total. The fourth-order valence-electron chi connectivity index (χ4n) is 4.92. The summed E-state index contributed by atoms with van der Waals surface area (Å²) in [6, 6.07) is 0. The highest BCUT2D eigenvalue weighted by molar-refractivity contribution is 5.92. The van der Waals surface area contributed by atoms with Crippen LogP contribution in [0.3, 0.4) is 0 Å². The van der Waals surface area contributed by atoms with Crippen molar-refractivity contribution in [1.29, 1.82) is 0 Å². The number of hydrogen-bond donors (Lipinski definition) is 0. The van der Waals surface area contributed by atoms with Crippen LogP contribution < -0.4 is 0 Å². The van der Waals surface area contributed by atoms with Gasteiger partial charge in [-0.2, -0.15) is 0 Å². The van der Waals surface area contributed by atoms with Crippen LogP contribution >= 0.6 is 0 Å². The predicted octanol–water partition coefficient (Wildman–Crippen LogP) is 2.82. The van der Waals surface area contributed by atoms with Crippen molar-refractivity contribution in [2.45, 2.75) is 52.7 Å². The lowest BCUT2D eigenvalue weighted by molar-refractivity contribution is -0.182. The van der Waals surface area contributed by atoms with E-state index in [1.54, 1.807) is 0 Å². The second kappa shape index (κ2) is 4.34. The molecule has 0 spiro atoms. The monoisotopic (exact) mass is 278 g/mol. The lowest BCUT2D eigenvalue weighted by atomic mass is 9.49. The van der Waals surface area contributed by atoms with Crippen LogP contribution in [0.15, 0.2) is 11.6 Å². The van der Waals surface area contributed by atoms with Crippen molar-refractivity contribution in [3.8, 4) is 0 Å². The average Bonchev–Trinajstić information content (AvgIpc) is 2.67. The van der Waals surface area contributed by atoms with Gasteiger partial charge < -0.3 is 9.47 Å². The zero-order chi connectivity index (χ0) is 14.5. The van der Waals surface area contributed by atoms with E-state index in [-0.39, 0.29) is 22.7 Å². The summed E-state index contributed by atoms with van der Waals surface area (Å²) in [7, 11) is 0. The average molecular weight is 278 g/mol. The first-order chi connectivity index (χ1) is 9.40. The molecule has 3 rings (SSSR count). The molecule has 4 heteroatoms. The van der Waals surface area contributed by atoms with E-state index in [9.17, 15) is 9.59 Å². The maximum Gasteiger partial charge on any atom is 0.337 e. The van der Waals surface area contributed by atoms with Crippen LogP contribution in [0.25, 0.3) is 0 Å². The van der Waals surface area contributed by atoms with Gasteiger partial charge in [0.15, 0.2) is 0 Å². The first-order valence-corrected chi connectivity index (χ1v) is 7.40. The Morgan fingerprint density at radius 2 is 2.10 bits per heavy atom. The van der Waals surface area contributed by atoms with Crippen LogP contribution in [0.4, 0.5) is 0 Å². The number of rotatable bonds is 2.